The molecule has 0 aliphatic rings. The Morgan fingerprint density at radius 2 is 2.45 bits per heavy atom. The van der Waals surface area contributed by atoms with Crippen LogP contribution in [0.1, 0.15) is 10.4 Å². The van der Waals surface area contributed by atoms with E-state index in [0.29, 0.717) is 17.5 Å². The van der Waals surface area contributed by atoms with Gasteiger partial charge in [-0.15, -0.1) is 0 Å². The van der Waals surface area contributed by atoms with Crippen molar-refractivity contribution < 1.29 is 4.79 Å². The van der Waals surface area contributed by atoms with Crippen molar-refractivity contribution in [2.45, 2.75) is 0 Å². The molecule has 0 aromatic carbocycles. The smallest absolute Gasteiger partial charge is 0.169 e. The standard InChI is InChI=1S/C6H4N4O/c11-2-5-1-7-4-10-6(5)8-3-9-10/h1-4H. The van der Waals surface area contributed by atoms with Crippen molar-refractivity contribution in [3.05, 3.63) is 24.4 Å². The maximum absolute atomic E-state index is 10.4. The van der Waals surface area contributed by atoms with Crippen molar-refractivity contribution in [3.63, 3.8) is 0 Å². The molecule has 0 spiro atoms. The SMILES string of the molecule is O=Cc1cncn2ncnc12. The number of nitrogens with zero attached hydrogens (tertiary/aromatic N) is 4. The van der Waals surface area contributed by atoms with Gasteiger partial charge in [-0.3, -0.25) is 4.79 Å². The summed E-state index contributed by atoms with van der Waals surface area (Å²) in [6.45, 7) is 0. The fourth-order valence-electron chi connectivity index (χ4n) is 0.859. The van der Waals surface area contributed by atoms with E-state index in [9.17, 15) is 4.79 Å². The number of hydrogen-bond donors (Lipinski definition) is 0. The van der Waals surface area contributed by atoms with Gasteiger partial charge < -0.3 is 0 Å². The van der Waals surface area contributed by atoms with Crippen molar-refractivity contribution in [1.29, 1.82) is 0 Å². The van der Waals surface area contributed by atoms with Crippen molar-refractivity contribution in [3.8, 4) is 0 Å². The van der Waals surface area contributed by atoms with Crippen LogP contribution in [0.3, 0.4) is 0 Å². The first-order chi connectivity index (χ1) is 5.42. The molecule has 5 heteroatoms. The van der Waals surface area contributed by atoms with Crippen molar-refractivity contribution in [2.75, 3.05) is 0 Å². The maximum atomic E-state index is 10.4. The monoisotopic (exact) mass is 148 g/mol. The van der Waals surface area contributed by atoms with E-state index in [1.807, 2.05) is 0 Å². The number of rotatable bonds is 1. The van der Waals surface area contributed by atoms with Gasteiger partial charge in [-0.2, -0.15) is 5.10 Å². The second-order valence-corrected chi connectivity index (χ2v) is 2.00. The number of hydrogen-bond acceptors (Lipinski definition) is 4. The van der Waals surface area contributed by atoms with Gasteiger partial charge in [0.25, 0.3) is 0 Å². The minimum Gasteiger partial charge on any atom is -0.298 e. The predicted molar refractivity (Wildman–Crippen MR) is 36.2 cm³/mol. The van der Waals surface area contributed by atoms with Crippen molar-refractivity contribution in [2.24, 2.45) is 0 Å². The molecule has 0 aliphatic carbocycles. The molecule has 0 unspecified atom stereocenters. The van der Waals surface area contributed by atoms with E-state index in [4.69, 9.17) is 0 Å². The van der Waals surface area contributed by atoms with E-state index in [0.717, 1.165) is 0 Å². The van der Waals surface area contributed by atoms with Crippen LogP contribution in [0.25, 0.3) is 5.65 Å². The lowest BCUT2D eigenvalue weighted by atomic mass is 10.4. The van der Waals surface area contributed by atoms with Crippen LogP contribution in [0.4, 0.5) is 0 Å². The number of fused-ring (bicyclic) bond motifs is 1. The Hall–Kier alpha value is -1.78. The maximum Gasteiger partial charge on any atom is 0.169 e. The topological polar surface area (TPSA) is 60.2 Å². The summed E-state index contributed by atoms with van der Waals surface area (Å²) in [5.74, 6) is 0. The third kappa shape index (κ3) is 0.778. The van der Waals surface area contributed by atoms with Crippen LogP contribution in [0.15, 0.2) is 18.9 Å². The molecule has 0 N–H and O–H groups in total. The summed E-state index contributed by atoms with van der Waals surface area (Å²) in [6.07, 6.45) is 5.04. The fraction of sp³-hybridized carbons (Fsp3) is 0. The van der Waals surface area contributed by atoms with Crippen LogP contribution in [0.5, 0.6) is 0 Å². The molecular formula is C6H4N4O. The minimum absolute atomic E-state index is 0.449. The molecule has 5 nitrogen and oxygen atoms in total. The van der Waals surface area contributed by atoms with E-state index in [1.165, 1.54) is 23.4 Å². The average molecular weight is 148 g/mol. The van der Waals surface area contributed by atoms with E-state index < -0.39 is 0 Å². The lowest BCUT2D eigenvalue weighted by molar-refractivity contribution is 0.112. The van der Waals surface area contributed by atoms with Crippen LogP contribution >= 0.6 is 0 Å². The van der Waals surface area contributed by atoms with Gasteiger partial charge in [0.15, 0.2) is 11.9 Å². The molecule has 2 heterocycles. The molecule has 0 atom stereocenters. The average Bonchev–Trinajstić information content (AvgIpc) is 2.50. The fourth-order valence-corrected chi connectivity index (χ4v) is 0.859. The third-order valence-electron chi connectivity index (χ3n) is 1.35. The van der Waals surface area contributed by atoms with Gasteiger partial charge in [-0.1, -0.05) is 0 Å². The van der Waals surface area contributed by atoms with Gasteiger partial charge in [0.05, 0.1) is 5.56 Å². The van der Waals surface area contributed by atoms with Gasteiger partial charge in [0, 0.05) is 6.20 Å². The zero-order chi connectivity index (χ0) is 7.68. The Morgan fingerprint density at radius 3 is 3.27 bits per heavy atom. The Kier molecular flexibility index (Phi) is 1.15. The highest BCUT2D eigenvalue weighted by molar-refractivity contribution is 5.82. The third-order valence-corrected chi connectivity index (χ3v) is 1.35. The minimum atomic E-state index is 0.449. The number of aromatic nitrogens is 4. The summed E-state index contributed by atoms with van der Waals surface area (Å²) >= 11 is 0. The number of carbonyl (C=O) groups is 1. The molecule has 54 valence electrons. The summed E-state index contributed by atoms with van der Waals surface area (Å²) in [7, 11) is 0. The van der Waals surface area contributed by atoms with Gasteiger partial charge in [0.1, 0.15) is 12.7 Å². The summed E-state index contributed by atoms with van der Waals surface area (Å²) in [4.78, 5) is 18.1. The van der Waals surface area contributed by atoms with Gasteiger partial charge in [0.2, 0.25) is 0 Å². The lowest BCUT2D eigenvalue weighted by Crippen LogP contribution is -1.93. The number of aldehydes is 1. The van der Waals surface area contributed by atoms with E-state index in [2.05, 4.69) is 15.1 Å². The lowest BCUT2D eigenvalue weighted by Gasteiger charge is -1.90. The molecule has 2 rings (SSSR count). The summed E-state index contributed by atoms with van der Waals surface area (Å²) in [6, 6.07) is 0. The van der Waals surface area contributed by atoms with Crippen LogP contribution in [0, 0.1) is 0 Å². The highest BCUT2D eigenvalue weighted by Crippen LogP contribution is 2.00. The molecule has 0 bridgehead atoms. The molecule has 2 aromatic heterocycles. The first-order valence-corrected chi connectivity index (χ1v) is 3.00. The van der Waals surface area contributed by atoms with Crippen LogP contribution in [-0.2, 0) is 0 Å². The van der Waals surface area contributed by atoms with E-state index >= 15 is 0 Å². The molecule has 0 saturated carbocycles. The van der Waals surface area contributed by atoms with Gasteiger partial charge >= 0.3 is 0 Å². The zero-order valence-electron chi connectivity index (χ0n) is 5.51. The van der Waals surface area contributed by atoms with E-state index in [-0.39, 0.29) is 0 Å². The summed E-state index contributed by atoms with van der Waals surface area (Å²) in [5.41, 5.74) is 0.986. The molecule has 0 amide bonds. The van der Waals surface area contributed by atoms with Crippen LogP contribution < -0.4 is 0 Å². The first kappa shape index (κ1) is 5.96. The number of carbonyl (C=O) groups excluding carboxylic acids is 1. The van der Waals surface area contributed by atoms with Crippen LogP contribution in [0.2, 0.25) is 0 Å². The van der Waals surface area contributed by atoms with E-state index in [1.54, 1.807) is 0 Å². The molecule has 0 radical (unpaired) electrons. The molecule has 0 saturated heterocycles. The molecule has 0 aliphatic heterocycles. The molecule has 2 aromatic rings. The largest absolute Gasteiger partial charge is 0.298 e. The first-order valence-electron chi connectivity index (χ1n) is 3.00. The molecule has 11 heavy (non-hydrogen) atoms. The van der Waals surface area contributed by atoms with Crippen LogP contribution in [-0.4, -0.2) is 25.9 Å². The Balaban J connectivity index is 2.88. The predicted octanol–water partition coefficient (Wildman–Crippen LogP) is -0.0632. The zero-order valence-corrected chi connectivity index (χ0v) is 5.51. The normalized spacial score (nSPS) is 10.2. The summed E-state index contributed by atoms with van der Waals surface area (Å²) < 4.78 is 1.45. The Morgan fingerprint density at radius 1 is 1.55 bits per heavy atom. The quantitative estimate of drug-likeness (QED) is 0.531. The summed E-state index contributed by atoms with van der Waals surface area (Å²) in [5, 5.41) is 3.81. The highest BCUT2D eigenvalue weighted by atomic mass is 16.1. The second kappa shape index (κ2) is 2.12. The second-order valence-electron chi connectivity index (χ2n) is 2.00. The van der Waals surface area contributed by atoms with Gasteiger partial charge in [-0.25, -0.2) is 14.5 Å². The van der Waals surface area contributed by atoms with Gasteiger partial charge in [-0.05, 0) is 0 Å². The van der Waals surface area contributed by atoms with Crippen molar-refractivity contribution in [1.82, 2.24) is 19.6 Å². The Labute approximate surface area is 61.7 Å². The molecular weight excluding hydrogens is 144 g/mol. The highest BCUT2D eigenvalue weighted by Gasteiger charge is 2.00. The van der Waals surface area contributed by atoms with Crippen molar-refractivity contribution >= 4 is 11.9 Å². The Bertz CT molecular complexity index is 394. The molecule has 0 fully saturated rings.